The summed E-state index contributed by atoms with van der Waals surface area (Å²) >= 11 is 0. The van der Waals surface area contributed by atoms with Crippen molar-refractivity contribution in [3.05, 3.63) is 414 Å². The number of H-pyrrole nitrogens is 5. The van der Waals surface area contributed by atoms with Crippen LogP contribution in [-0.2, 0) is 25.9 Å². The van der Waals surface area contributed by atoms with Gasteiger partial charge in [-0.1, -0.05) is 176 Å². The fraction of sp³-hybridized carbons (Fsp3) is 0.0667. The number of aromatic amines is 5. The average Bonchev–Trinajstić information content (AvgIpc) is 1.55. The standard InChI is InChI=1S/C25H19N3O.C23H18FN3O.C21H16FN3O.C20H14FN3O.C16H11F4N3O/c29-25(28-14-17-7-2-1-3-8-17)23-16-27-24-22(23)13-19(15-26-24)21-12-6-10-18-9-4-5-11-20(18)21;24-18-6-2-5-15(9-18)17-11-20-21(13-26-22(20)25-12-17)23(28)27-19-8-7-14-3-1-4-16(14)10-19;22-17-8-4-7-15(9-17)16-10-18-19(13-24-20(18)23-12-16)21(26)25-11-14-5-2-1-3-6-14;21-15-6-4-5-13(9-15)14-10-17-18(12-23-19(17)22-11-14)20(25)24-16-7-2-1-3-8-16;17-11-3-1-2-9(4-11)10-5-12-13(7-22-14(12)21-6-10)15(24)23-8-16(18,19)20/h1-13,15-16H,14H2,(H,26,27)(H,28,29);2,5-13H,1,3-4H2,(H,25,26)(H,27,28);1-10,12-13H,11H2,(H,23,24)(H,25,26);1-12H,(H,22,23)(H,24,25);1-7H,8H2,(H,21,22)(H,23,24). The van der Waals surface area contributed by atoms with Crippen molar-refractivity contribution in [2.45, 2.75) is 38.5 Å². The number of anilines is 2. The Kier molecular flexibility index (Phi) is 25.9. The average molecular weight is 1760 g/mol. The predicted octanol–water partition coefficient (Wildman–Crippen LogP) is 23.0. The minimum absolute atomic E-state index is 0.0417. The van der Waals surface area contributed by atoms with Crippen LogP contribution < -0.4 is 26.6 Å². The molecular weight excluding hydrogens is 1680 g/mol. The lowest BCUT2D eigenvalue weighted by Crippen LogP contribution is -2.33. The second-order valence-electron chi connectivity index (χ2n) is 30.9. The summed E-state index contributed by atoms with van der Waals surface area (Å²) < 4.78 is 90.5. The third-order valence-corrected chi connectivity index (χ3v) is 22.0. The number of nitrogens with zero attached hydrogens (tertiary/aromatic N) is 5. The van der Waals surface area contributed by atoms with E-state index in [1.807, 2.05) is 169 Å². The Morgan fingerprint density at radius 2 is 0.629 bits per heavy atom. The number of amides is 5. The number of pyridine rings is 5. The molecule has 10 heterocycles. The van der Waals surface area contributed by atoms with Crippen LogP contribution in [0.4, 0.5) is 42.1 Å². The minimum Gasteiger partial charge on any atom is -0.348 e. The first-order chi connectivity index (χ1) is 64.2. The van der Waals surface area contributed by atoms with Crippen molar-refractivity contribution in [1.82, 2.24) is 65.8 Å². The Bertz CT molecular complexity index is 7640. The van der Waals surface area contributed by atoms with Gasteiger partial charge >= 0.3 is 6.18 Å². The van der Waals surface area contributed by atoms with Gasteiger partial charge in [-0.3, -0.25) is 24.0 Å². The van der Waals surface area contributed by atoms with E-state index >= 15 is 0 Å². The number of halogens is 7. The first-order valence-corrected chi connectivity index (χ1v) is 41.9. The molecule has 10 aromatic heterocycles. The summed E-state index contributed by atoms with van der Waals surface area (Å²) in [5.41, 5.74) is 19.0. The van der Waals surface area contributed by atoms with Gasteiger partial charge in [0.15, 0.2) is 0 Å². The molecule has 27 heteroatoms. The van der Waals surface area contributed by atoms with Gasteiger partial charge in [0.2, 0.25) is 0 Å². The molecule has 0 aliphatic heterocycles. The molecule has 132 heavy (non-hydrogen) atoms. The molecular formula is C105H78F7N15O5. The minimum atomic E-state index is -4.49. The number of aromatic nitrogens is 10. The number of hydrogen-bond acceptors (Lipinski definition) is 10. The van der Waals surface area contributed by atoms with E-state index in [0.717, 1.165) is 79.7 Å². The van der Waals surface area contributed by atoms with Gasteiger partial charge in [-0.2, -0.15) is 13.2 Å². The molecule has 21 rings (SSSR count). The largest absolute Gasteiger partial charge is 0.405 e. The maximum absolute atomic E-state index is 13.6. The molecule has 10 N–H and O–H groups in total. The highest BCUT2D eigenvalue weighted by molar-refractivity contribution is 6.15. The fourth-order valence-corrected chi connectivity index (χ4v) is 15.5. The monoisotopic (exact) mass is 1760 g/mol. The van der Waals surface area contributed by atoms with Crippen molar-refractivity contribution in [3.8, 4) is 55.6 Å². The van der Waals surface area contributed by atoms with Gasteiger partial charge in [-0.15, -0.1) is 0 Å². The lowest BCUT2D eigenvalue weighted by molar-refractivity contribution is -0.123. The van der Waals surface area contributed by atoms with Gasteiger partial charge in [0.25, 0.3) is 29.5 Å². The summed E-state index contributed by atoms with van der Waals surface area (Å²) in [4.78, 5) is 99.4. The third kappa shape index (κ3) is 20.7. The zero-order valence-electron chi connectivity index (χ0n) is 70.0. The molecule has 10 aromatic carbocycles. The lowest BCUT2D eigenvalue weighted by Gasteiger charge is -2.08. The number of carbonyl (C=O) groups is 5. The molecule has 0 fully saturated rings. The number of aryl methyl sites for hydroxylation is 2. The summed E-state index contributed by atoms with van der Waals surface area (Å²) in [5.74, 6) is -2.93. The van der Waals surface area contributed by atoms with Crippen molar-refractivity contribution >= 4 is 107 Å². The van der Waals surface area contributed by atoms with Crippen LogP contribution in [0.25, 0.3) is 122 Å². The van der Waals surface area contributed by atoms with Crippen LogP contribution in [0.5, 0.6) is 0 Å². The first kappa shape index (κ1) is 86.9. The van der Waals surface area contributed by atoms with E-state index in [0.29, 0.717) is 102 Å². The Morgan fingerprint density at radius 1 is 0.295 bits per heavy atom. The summed E-state index contributed by atoms with van der Waals surface area (Å²) in [7, 11) is 0. The highest BCUT2D eigenvalue weighted by atomic mass is 19.4. The number of nitrogens with one attached hydrogen (secondary N) is 10. The van der Waals surface area contributed by atoms with Gasteiger partial charge < -0.3 is 51.5 Å². The molecule has 0 spiro atoms. The summed E-state index contributed by atoms with van der Waals surface area (Å²) in [6.45, 7) is -0.484. The Balaban J connectivity index is 0.000000115. The number of para-hydroxylation sites is 1. The maximum atomic E-state index is 13.6. The van der Waals surface area contributed by atoms with E-state index in [9.17, 15) is 54.7 Å². The van der Waals surface area contributed by atoms with Crippen molar-refractivity contribution in [1.29, 1.82) is 0 Å². The molecule has 0 radical (unpaired) electrons. The number of fused-ring (bicyclic) bond motifs is 7. The molecule has 0 unspecified atom stereocenters. The molecule has 20 aromatic rings. The van der Waals surface area contributed by atoms with E-state index in [2.05, 4.69) is 108 Å². The van der Waals surface area contributed by atoms with Crippen LogP contribution in [0.2, 0.25) is 0 Å². The van der Waals surface area contributed by atoms with Crippen molar-refractivity contribution in [3.63, 3.8) is 0 Å². The summed E-state index contributed by atoms with van der Waals surface area (Å²) in [5, 5.41) is 19.2. The van der Waals surface area contributed by atoms with Gasteiger partial charge in [-0.05, 0) is 183 Å². The zero-order chi connectivity index (χ0) is 91.2. The van der Waals surface area contributed by atoms with Crippen molar-refractivity contribution in [2.24, 2.45) is 0 Å². The summed E-state index contributed by atoms with van der Waals surface area (Å²) in [6.07, 6.45) is 15.2. The van der Waals surface area contributed by atoms with E-state index < -0.39 is 24.4 Å². The number of rotatable bonds is 17. The molecule has 1 aliphatic carbocycles. The van der Waals surface area contributed by atoms with E-state index in [1.54, 1.807) is 73.7 Å². The quantitative estimate of drug-likeness (QED) is 0.0385. The van der Waals surface area contributed by atoms with Gasteiger partial charge in [0.05, 0.1) is 27.8 Å². The lowest BCUT2D eigenvalue weighted by atomic mass is 9.98. The topological polar surface area (TPSA) is 289 Å². The van der Waals surface area contributed by atoms with E-state index in [4.69, 9.17) is 0 Å². The van der Waals surface area contributed by atoms with Crippen LogP contribution in [0.1, 0.15) is 80.5 Å². The molecule has 5 amide bonds. The number of benzene rings is 10. The van der Waals surface area contributed by atoms with Gasteiger partial charge in [0, 0.05) is 141 Å². The van der Waals surface area contributed by atoms with Crippen LogP contribution in [0, 0.1) is 23.3 Å². The number of carbonyl (C=O) groups excluding carboxylic acids is 5. The van der Waals surface area contributed by atoms with E-state index in [-0.39, 0.29) is 46.6 Å². The SMILES string of the molecule is O=C(NCC(F)(F)F)c1c[nH]c2ncc(-c3cccc(F)c3)cc12.O=C(NCc1ccccc1)c1c[nH]c2ncc(-c3cccc(F)c3)cc12.O=C(NCc1ccccc1)c1c[nH]c2ncc(-c3cccc4ccccc34)cc12.O=C(Nc1ccc2c(c1)CCC2)c1c[nH]c2ncc(-c3cccc(F)c3)cc12.O=C(Nc1ccccc1)c1c[nH]c2ncc(-c3cccc(F)c3)cc12. The molecule has 652 valence electrons. The highest BCUT2D eigenvalue weighted by Gasteiger charge is 2.29. The molecule has 0 saturated heterocycles. The molecule has 1 aliphatic rings. The second kappa shape index (κ2) is 39.3. The van der Waals surface area contributed by atoms with Crippen molar-refractivity contribution in [2.75, 3.05) is 17.2 Å². The molecule has 20 nitrogen and oxygen atoms in total. The normalized spacial score (nSPS) is 11.4. The third-order valence-electron chi connectivity index (χ3n) is 22.0. The maximum Gasteiger partial charge on any atom is 0.405 e. The molecule has 0 atom stereocenters. The number of alkyl halides is 3. The predicted molar refractivity (Wildman–Crippen MR) is 499 cm³/mol. The van der Waals surface area contributed by atoms with Crippen LogP contribution >= 0.6 is 0 Å². The van der Waals surface area contributed by atoms with Crippen molar-refractivity contribution < 1.29 is 54.7 Å². The smallest absolute Gasteiger partial charge is 0.348 e. The van der Waals surface area contributed by atoms with Crippen LogP contribution in [0.15, 0.2) is 341 Å². The molecule has 0 bridgehead atoms. The molecule has 0 saturated carbocycles. The Labute approximate surface area is 749 Å². The first-order valence-electron chi connectivity index (χ1n) is 41.9. The number of hydrogen-bond donors (Lipinski definition) is 10. The summed E-state index contributed by atoms with van der Waals surface area (Å²) in [6, 6.07) is 83.4. The van der Waals surface area contributed by atoms with Crippen LogP contribution in [0.3, 0.4) is 0 Å². The zero-order valence-corrected chi connectivity index (χ0v) is 70.0. The Hall–Kier alpha value is -17.2. The van der Waals surface area contributed by atoms with E-state index in [1.165, 1.54) is 95.3 Å². The van der Waals surface area contributed by atoms with Gasteiger partial charge in [0.1, 0.15) is 58.0 Å². The fourth-order valence-electron chi connectivity index (χ4n) is 15.5. The van der Waals surface area contributed by atoms with Gasteiger partial charge in [-0.25, -0.2) is 42.5 Å². The highest BCUT2D eigenvalue weighted by Crippen LogP contribution is 2.35. The van der Waals surface area contributed by atoms with Crippen LogP contribution in [-0.4, -0.2) is 92.1 Å². The Morgan fingerprint density at radius 3 is 1.03 bits per heavy atom. The second-order valence-corrected chi connectivity index (χ2v) is 30.9.